The zero-order chi connectivity index (χ0) is 21.5. The lowest BCUT2D eigenvalue weighted by atomic mass is 9.96. The Kier molecular flexibility index (Phi) is 5.32. The number of fused-ring (bicyclic) bond motifs is 1. The molecule has 1 aliphatic heterocycles. The number of carbonyl (C=O) groups excluding carboxylic acids is 1. The molecule has 0 spiro atoms. The molecular formula is C25H26ClN3O2. The minimum absolute atomic E-state index is 0.0662. The van der Waals surface area contributed by atoms with Gasteiger partial charge in [-0.05, 0) is 74.2 Å². The highest BCUT2D eigenvalue weighted by atomic mass is 35.5. The Balaban J connectivity index is 1.67. The summed E-state index contributed by atoms with van der Waals surface area (Å²) in [5, 5.41) is 14.5. The molecular weight excluding hydrogens is 410 g/mol. The Morgan fingerprint density at radius 1 is 1.10 bits per heavy atom. The van der Waals surface area contributed by atoms with E-state index < -0.39 is 0 Å². The summed E-state index contributed by atoms with van der Waals surface area (Å²) >= 11 is 6.15. The normalized spacial score (nSPS) is 17.1. The van der Waals surface area contributed by atoms with Crippen LogP contribution in [0.3, 0.4) is 0 Å². The van der Waals surface area contributed by atoms with Crippen molar-refractivity contribution in [1.29, 1.82) is 0 Å². The molecule has 1 saturated carbocycles. The Hall–Kier alpha value is -2.63. The van der Waals surface area contributed by atoms with Crippen LogP contribution in [0.2, 0.25) is 5.02 Å². The number of Topliss-reactive ketones (excluding diaryl/α,β-unsaturated/α-hetero) is 1. The van der Waals surface area contributed by atoms with Crippen molar-refractivity contribution in [1.82, 2.24) is 10.3 Å². The molecule has 160 valence electrons. The lowest BCUT2D eigenvalue weighted by Gasteiger charge is -2.35. The molecule has 0 unspecified atom stereocenters. The second-order valence-corrected chi connectivity index (χ2v) is 9.06. The molecule has 1 aliphatic carbocycles. The molecule has 0 amide bonds. The average Bonchev–Trinajstić information content (AvgIpc) is 3.65. The van der Waals surface area contributed by atoms with Crippen molar-refractivity contribution >= 4 is 34.0 Å². The number of benzene rings is 2. The molecule has 5 rings (SSSR count). The number of carbonyl (C=O) groups is 1. The van der Waals surface area contributed by atoms with Gasteiger partial charge in [-0.15, -0.1) is 0 Å². The van der Waals surface area contributed by atoms with Crippen molar-refractivity contribution in [3.05, 3.63) is 53.2 Å². The summed E-state index contributed by atoms with van der Waals surface area (Å²) < 4.78 is 0. The topological polar surface area (TPSA) is 65.5 Å². The molecule has 2 N–H and O–H groups in total. The number of hydrogen-bond donors (Lipinski definition) is 2. The summed E-state index contributed by atoms with van der Waals surface area (Å²) in [4.78, 5) is 20.1. The number of phenolic OH excluding ortho intramolecular Hbond substituents is 1. The highest BCUT2D eigenvalue weighted by Gasteiger charge is 2.34. The number of nitrogens with one attached hydrogen (secondary N) is 1. The quantitative estimate of drug-likeness (QED) is 0.549. The fraction of sp³-hybridized carbons (Fsp3) is 0.360. The van der Waals surface area contributed by atoms with Crippen molar-refractivity contribution < 1.29 is 9.90 Å². The molecule has 6 heteroatoms. The highest BCUT2D eigenvalue weighted by molar-refractivity contribution is 6.32. The molecule has 0 radical (unpaired) electrons. The Labute approximate surface area is 187 Å². The number of halogens is 1. The van der Waals surface area contributed by atoms with Crippen LogP contribution in [0.1, 0.15) is 36.0 Å². The van der Waals surface area contributed by atoms with E-state index >= 15 is 0 Å². The zero-order valence-corrected chi connectivity index (χ0v) is 18.3. The third-order valence-electron chi connectivity index (χ3n) is 6.54. The number of anilines is 1. The van der Waals surface area contributed by atoms with Gasteiger partial charge in [0.05, 0.1) is 21.8 Å². The van der Waals surface area contributed by atoms with Crippen LogP contribution in [0.5, 0.6) is 5.75 Å². The van der Waals surface area contributed by atoms with Crippen LogP contribution in [0.4, 0.5) is 5.69 Å². The number of aromatic hydroxyl groups is 1. The number of nitrogens with zero attached hydrogens (tertiary/aromatic N) is 2. The lowest BCUT2D eigenvalue weighted by molar-refractivity contribution is 0.0968. The van der Waals surface area contributed by atoms with Crippen molar-refractivity contribution in [2.75, 3.05) is 25.0 Å². The summed E-state index contributed by atoms with van der Waals surface area (Å²) in [6, 6.07) is 11.7. The Morgan fingerprint density at radius 3 is 2.52 bits per heavy atom. The first-order valence-electron chi connectivity index (χ1n) is 10.9. The minimum Gasteiger partial charge on any atom is -0.506 e. The van der Waals surface area contributed by atoms with Crippen LogP contribution in [-0.4, -0.2) is 42.1 Å². The lowest BCUT2D eigenvalue weighted by Crippen LogP contribution is -2.41. The molecule has 2 heterocycles. The molecule has 2 fully saturated rings. The van der Waals surface area contributed by atoms with Crippen molar-refractivity contribution in [2.45, 2.75) is 31.7 Å². The first kappa shape index (κ1) is 20.3. The van der Waals surface area contributed by atoms with Gasteiger partial charge < -0.3 is 15.3 Å². The largest absolute Gasteiger partial charge is 0.506 e. The number of aromatic nitrogens is 1. The molecule has 0 atom stereocenters. The molecule has 1 saturated heterocycles. The second-order valence-electron chi connectivity index (χ2n) is 8.65. The van der Waals surface area contributed by atoms with Gasteiger partial charge in [-0.3, -0.25) is 9.78 Å². The number of hydrogen-bond acceptors (Lipinski definition) is 5. The maximum absolute atomic E-state index is 13.2. The predicted molar refractivity (Wildman–Crippen MR) is 125 cm³/mol. The summed E-state index contributed by atoms with van der Waals surface area (Å²) in [7, 11) is 2.11. The van der Waals surface area contributed by atoms with E-state index in [2.05, 4.69) is 28.3 Å². The Bertz CT molecular complexity index is 1150. The summed E-state index contributed by atoms with van der Waals surface area (Å²) in [5.41, 5.74) is 4.49. The van der Waals surface area contributed by atoms with Gasteiger partial charge in [-0.1, -0.05) is 23.7 Å². The van der Waals surface area contributed by atoms with Crippen molar-refractivity contribution in [3.8, 4) is 16.9 Å². The number of phenols is 1. The van der Waals surface area contributed by atoms with E-state index in [1.54, 1.807) is 18.3 Å². The molecule has 2 aromatic carbocycles. The van der Waals surface area contributed by atoms with Gasteiger partial charge in [0.25, 0.3) is 0 Å². The van der Waals surface area contributed by atoms with Gasteiger partial charge >= 0.3 is 0 Å². The van der Waals surface area contributed by atoms with Crippen LogP contribution >= 0.6 is 11.6 Å². The first-order valence-corrected chi connectivity index (χ1v) is 11.3. The fourth-order valence-corrected chi connectivity index (χ4v) is 4.73. The summed E-state index contributed by atoms with van der Waals surface area (Å²) in [6.07, 6.45) is 5.81. The van der Waals surface area contributed by atoms with E-state index in [1.807, 2.05) is 18.2 Å². The van der Waals surface area contributed by atoms with Gasteiger partial charge in [-0.25, -0.2) is 0 Å². The SMILES string of the molecule is CN(c1c(C(=O)C2CC2)cnc2ccc(-c3ccc(O)c(Cl)c3)cc12)C1CCNCC1. The molecule has 0 bridgehead atoms. The number of piperidine rings is 1. The molecule has 31 heavy (non-hydrogen) atoms. The molecule has 3 aromatic rings. The maximum Gasteiger partial charge on any atom is 0.169 e. The Morgan fingerprint density at radius 2 is 1.81 bits per heavy atom. The summed E-state index contributed by atoms with van der Waals surface area (Å²) in [6.45, 7) is 1.97. The van der Waals surface area contributed by atoms with Gasteiger partial charge in [0.1, 0.15) is 5.75 Å². The summed E-state index contributed by atoms with van der Waals surface area (Å²) in [5.74, 6) is 0.415. The average molecular weight is 436 g/mol. The van der Waals surface area contributed by atoms with E-state index in [1.165, 1.54) is 0 Å². The van der Waals surface area contributed by atoms with E-state index in [0.717, 1.165) is 72.1 Å². The number of pyridine rings is 1. The van der Waals surface area contributed by atoms with E-state index in [-0.39, 0.29) is 17.5 Å². The number of ketones is 1. The van der Waals surface area contributed by atoms with E-state index in [4.69, 9.17) is 11.6 Å². The van der Waals surface area contributed by atoms with Crippen molar-refractivity contribution in [3.63, 3.8) is 0 Å². The van der Waals surface area contributed by atoms with Crippen LogP contribution in [0.15, 0.2) is 42.6 Å². The predicted octanol–water partition coefficient (Wildman–Crippen LogP) is 5.04. The minimum atomic E-state index is 0.0662. The van der Waals surface area contributed by atoms with Gasteiger partial charge in [0.15, 0.2) is 5.78 Å². The van der Waals surface area contributed by atoms with Crippen LogP contribution in [-0.2, 0) is 0 Å². The first-order chi connectivity index (χ1) is 15.0. The van der Waals surface area contributed by atoms with Crippen LogP contribution < -0.4 is 10.2 Å². The highest BCUT2D eigenvalue weighted by Crippen LogP contribution is 2.40. The van der Waals surface area contributed by atoms with E-state index in [9.17, 15) is 9.90 Å². The smallest absolute Gasteiger partial charge is 0.169 e. The second kappa shape index (κ2) is 8.13. The molecule has 1 aromatic heterocycles. The zero-order valence-electron chi connectivity index (χ0n) is 17.6. The number of rotatable bonds is 5. The van der Waals surface area contributed by atoms with Crippen LogP contribution in [0.25, 0.3) is 22.0 Å². The standard InChI is InChI=1S/C25H26ClN3O2/c1-29(18-8-10-27-11-9-18)24-19-12-16(17-5-7-23(30)21(26)13-17)4-6-22(19)28-14-20(24)25(31)15-2-3-15/h4-7,12-15,18,27,30H,2-3,8-11H2,1H3. The van der Waals surface area contributed by atoms with Gasteiger partial charge in [0.2, 0.25) is 0 Å². The maximum atomic E-state index is 13.2. The van der Waals surface area contributed by atoms with Crippen LogP contribution in [0, 0.1) is 5.92 Å². The third kappa shape index (κ3) is 3.88. The molecule has 5 nitrogen and oxygen atoms in total. The monoisotopic (exact) mass is 435 g/mol. The van der Waals surface area contributed by atoms with Gasteiger partial charge in [0, 0.05) is 30.6 Å². The fourth-order valence-electron chi connectivity index (χ4n) is 4.55. The molecule has 2 aliphatic rings. The van der Waals surface area contributed by atoms with E-state index in [0.29, 0.717) is 11.1 Å². The van der Waals surface area contributed by atoms with Crippen molar-refractivity contribution in [2.24, 2.45) is 5.92 Å². The van der Waals surface area contributed by atoms with Gasteiger partial charge in [-0.2, -0.15) is 0 Å². The third-order valence-corrected chi connectivity index (χ3v) is 6.85.